The molecule has 3 fully saturated rings. The molecule has 2 bridgehead atoms. The lowest BCUT2D eigenvalue weighted by Crippen LogP contribution is -2.52. The maximum absolute atomic E-state index is 16.9. The van der Waals surface area contributed by atoms with Crippen LogP contribution in [0.25, 0.3) is 33.8 Å². The van der Waals surface area contributed by atoms with E-state index in [1.165, 1.54) is 13.3 Å². The number of anilines is 1. The second-order valence-electron chi connectivity index (χ2n) is 14.4. The van der Waals surface area contributed by atoms with Crippen LogP contribution in [0.5, 0.6) is 0 Å². The van der Waals surface area contributed by atoms with Crippen molar-refractivity contribution in [1.29, 1.82) is 0 Å². The number of aromatic nitrogens is 7. The van der Waals surface area contributed by atoms with Crippen LogP contribution in [0.2, 0.25) is 5.15 Å². The SMILES string of the molecule is COC(=O)C1C2CCC(CC2)C1Nc1nc(-c2cn(C(c3ccccc3)(c3ccccc3)c3ccccc3)c3ncc(Cl)nc23)nc(-c2cnn(C)c2)c1F. The quantitative estimate of drug-likeness (QED) is 0.116. The highest BCUT2D eigenvalue weighted by Gasteiger charge is 2.48. The van der Waals surface area contributed by atoms with Crippen LogP contribution in [0.1, 0.15) is 42.4 Å². The van der Waals surface area contributed by atoms with Gasteiger partial charge in [-0.25, -0.2) is 24.3 Å². The molecule has 0 amide bonds. The summed E-state index contributed by atoms with van der Waals surface area (Å²) in [4.78, 5) is 32.8. The highest BCUT2D eigenvalue weighted by atomic mass is 35.5. The molecule has 3 aromatic carbocycles. The number of nitrogens with zero attached hydrogens (tertiary/aromatic N) is 7. The Balaban J connectivity index is 1.31. The van der Waals surface area contributed by atoms with Gasteiger partial charge in [-0.15, -0.1) is 0 Å². The first kappa shape index (κ1) is 34.8. The summed E-state index contributed by atoms with van der Waals surface area (Å²) in [5.41, 5.74) is 3.99. The third kappa shape index (κ3) is 5.85. The Morgan fingerprint density at radius 2 is 1.44 bits per heavy atom. The number of methoxy groups -OCH3 is 1. The minimum absolute atomic E-state index is 0.00775. The Kier molecular flexibility index (Phi) is 8.89. The third-order valence-electron chi connectivity index (χ3n) is 11.5. The lowest BCUT2D eigenvalue weighted by Gasteiger charge is -2.47. The molecular weight excluding hydrogens is 715 g/mol. The van der Waals surface area contributed by atoms with Gasteiger partial charge in [0.1, 0.15) is 21.9 Å². The molecule has 0 saturated heterocycles. The van der Waals surface area contributed by atoms with E-state index in [1.54, 1.807) is 24.1 Å². The molecule has 10 rings (SSSR count). The van der Waals surface area contributed by atoms with Crippen LogP contribution in [0, 0.1) is 23.6 Å². The minimum Gasteiger partial charge on any atom is -0.469 e. The third-order valence-corrected chi connectivity index (χ3v) is 11.6. The maximum Gasteiger partial charge on any atom is 0.311 e. The predicted octanol–water partition coefficient (Wildman–Crippen LogP) is 8.31. The van der Waals surface area contributed by atoms with Gasteiger partial charge in [-0.05, 0) is 54.2 Å². The van der Waals surface area contributed by atoms with Crippen molar-refractivity contribution in [2.24, 2.45) is 24.8 Å². The summed E-state index contributed by atoms with van der Waals surface area (Å²) in [6.45, 7) is 0. The van der Waals surface area contributed by atoms with E-state index in [0.29, 0.717) is 22.3 Å². The van der Waals surface area contributed by atoms with Crippen molar-refractivity contribution in [3.05, 3.63) is 143 Å². The van der Waals surface area contributed by atoms with E-state index in [2.05, 4.69) is 51.4 Å². The summed E-state index contributed by atoms with van der Waals surface area (Å²) in [7, 11) is 3.18. The first-order chi connectivity index (χ1) is 26.9. The zero-order chi connectivity index (χ0) is 37.7. The van der Waals surface area contributed by atoms with Gasteiger partial charge < -0.3 is 14.6 Å². The second-order valence-corrected chi connectivity index (χ2v) is 14.8. The van der Waals surface area contributed by atoms with Gasteiger partial charge in [0.15, 0.2) is 23.1 Å². The van der Waals surface area contributed by atoms with Crippen molar-refractivity contribution in [3.8, 4) is 22.6 Å². The van der Waals surface area contributed by atoms with Gasteiger partial charge in [0.25, 0.3) is 0 Å². The van der Waals surface area contributed by atoms with Crippen LogP contribution < -0.4 is 5.32 Å². The van der Waals surface area contributed by atoms with Crippen LogP contribution in [-0.2, 0) is 22.1 Å². The fraction of sp³-hybridized carbons (Fsp3) is 0.256. The molecular formula is C43H38ClFN8O2. The Morgan fingerprint density at radius 1 is 0.836 bits per heavy atom. The zero-order valence-electron chi connectivity index (χ0n) is 30.3. The monoisotopic (exact) mass is 752 g/mol. The van der Waals surface area contributed by atoms with Crippen molar-refractivity contribution in [3.63, 3.8) is 0 Å². The first-order valence-corrected chi connectivity index (χ1v) is 18.9. The number of carbonyl (C=O) groups excluding carboxylic acids is 1. The average Bonchev–Trinajstić information content (AvgIpc) is 3.84. The summed E-state index contributed by atoms with van der Waals surface area (Å²) in [6.07, 6.45) is 10.5. The van der Waals surface area contributed by atoms with Crippen LogP contribution >= 0.6 is 11.6 Å². The molecule has 2 atom stereocenters. The van der Waals surface area contributed by atoms with E-state index in [-0.39, 0.29) is 46.3 Å². The molecule has 0 spiro atoms. The Bertz CT molecular complexity index is 2400. The van der Waals surface area contributed by atoms with Gasteiger partial charge in [-0.3, -0.25) is 9.48 Å². The molecule has 10 nitrogen and oxygen atoms in total. The number of ether oxygens (including phenoxy) is 1. The normalized spacial score (nSPS) is 19.4. The summed E-state index contributed by atoms with van der Waals surface area (Å²) >= 11 is 6.61. The molecule has 55 heavy (non-hydrogen) atoms. The van der Waals surface area contributed by atoms with Crippen molar-refractivity contribution < 1.29 is 13.9 Å². The number of carbonyl (C=O) groups is 1. The Hall–Kier alpha value is -5.94. The summed E-state index contributed by atoms with van der Waals surface area (Å²) in [6, 6.07) is 30.3. The van der Waals surface area contributed by atoms with E-state index in [0.717, 1.165) is 42.4 Å². The molecule has 3 aliphatic carbocycles. The first-order valence-electron chi connectivity index (χ1n) is 18.5. The molecule has 0 radical (unpaired) electrons. The number of fused-ring (bicyclic) bond motifs is 4. The van der Waals surface area contributed by atoms with Gasteiger partial charge in [-0.2, -0.15) is 5.10 Å². The maximum atomic E-state index is 16.9. The smallest absolute Gasteiger partial charge is 0.311 e. The van der Waals surface area contributed by atoms with E-state index < -0.39 is 17.3 Å². The van der Waals surface area contributed by atoms with Crippen LogP contribution in [0.15, 0.2) is 116 Å². The minimum atomic E-state index is -0.953. The molecule has 12 heteroatoms. The van der Waals surface area contributed by atoms with Gasteiger partial charge >= 0.3 is 5.97 Å². The number of esters is 1. The highest BCUT2D eigenvalue weighted by molar-refractivity contribution is 6.29. The van der Waals surface area contributed by atoms with Gasteiger partial charge in [0, 0.05) is 31.0 Å². The van der Waals surface area contributed by atoms with Crippen LogP contribution in [0.4, 0.5) is 10.2 Å². The van der Waals surface area contributed by atoms with Crippen LogP contribution in [-0.4, -0.2) is 53.4 Å². The highest BCUT2D eigenvalue weighted by Crippen LogP contribution is 2.48. The molecule has 2 unspecified atom stereocenters. The van der Waals surface area contributed by atoms with E-state index >= 15 is 4.39 Å². The fourth-order valence-corrected chi connectivity index (χ4v) is 9.17. The van der Waals surface area contributed by atoms with Crippen LogP contribution in [0.3, 0.4) is 0 Å². The summed E-state index contributed by atoms with van der Waals surface area (Å²) < 4.78 is 25.9. The molecule has 7 aromatic rings. The van der Waals surface area contributed by atoms with Crippen molar-refractivity contribution in [2.45, 2.75) is 37.3 Å². The van der Waals surface area contributed by atoms with E-state index in [1.807, 2.05) is 60.8 Å². The molecule has 0 aliphatic heterocycles. The lowest BCUT2D eigenvalue weighted by molar-refractivity contribution is -0.152. The van der Waals surface area contributed by atoms with Crippen molar-refractivity contribution >= 4 is 34.6 Å². The average molecular weight is 753 g/mol. The Morgan fingerprint density at radius 3 is 2.00 bits per heavy atom. The number of hydrogen-bond donors (Lipinski definition) is 1. The van der Waals surface area contributed by atoms with Crippen molar-refractivity contribution in [2.75, 3.05) is 12.4 Å². The number of hydrogen-bond acceptors (Lipinski definition) is 8. The zero-order valence-corrected chi connectivity index (χ0v) is 31.1. The molecule has 276 valence electrons. The van der Waals surface area contributed by atoms with Crippen molar-refractivity contribution in [1.82, 2.24) is 34.3 Å². The number of benzene rings is 3. The number of aryl methyl sites for hydroxylation is 1. The number of nitrogens with one attached hydrogen (secondary N) is 1. The fourth-order valence-electron chi connectivity index (χ4n) is 9.03. The van der Waals surface area contributed by atoms with E-state index in [4.69, 9.17) is 36.3 Å². The lowest BCUT2D eigenvalue weighted by atomic mass is 9.61. The standard InChI is InChI=1S/C43H38ClFN8O2/c1-52-24-28(22-47-52)37-35(45)40(49-36-27-20-18-26(19-21-27)34(36)42(54)55-2)51-39(50-37)32-25-53(41-38(32)48-33(44)23-46-41)43(29-12-6-3-7-13-29,30-14-8-4-9-15-30)31-16-10-5-11-17-31/h3-17,22-27,34,36H,18-21H2,1-2H3,(H,49,50,51). The Labute approximate surface area is 322 Å². The summed E-state index contributed by atoms with van der Waals surface area (Å²) in [5, 5.41) is 7.93. The van der Waals surface area contributed by atoms with Gasteiger partial charge in [0.05, 0.1) is 31.0 Å². The topological polar surface area (TPSA) is 113 Å². The second kappa shape index (κ2) is 14.0. The summed E-state index contributed by atoms with van der Waals surface area (Å²) in [5.74, 6) is -0.846. The van der Waals surface area contributed by atoms with Gasteiger partial charge in [-0.1, -0.05) is 103 Å². The number of halogens is 2. The van der Waals surface area contributed by atoms with Gasteiger partial charge in [0.2, 0.25) is 0 Å². The number of rotatable bonds is 9. The molecule has 1 N–H and O–H groups in total. The molecule has 3 aliphatic rings. The molecule has 3 saturated carbocycles. The molecule has 4 aromatic heterocycles. The largest absolute Gasteiger partial charge is 0.469 e. The predicted molar refractivity (Wildman–Crippen MR) is 209 cm³/mol. The van der Waals surface area contributed by atoms with E-state index in [9.17, 15) is 4.79 Å². The molecule has 4 heterocycles.